The van der Waals surface area contributed by atoms with Crippen LogP contribution in [0.5, 0.6) is 0 Å². The molecule has 0 N–H and O–H groups in total. The Morgan fingerprint density at radius 3 is 2.83 bits per heavy atom. The minimum absolute atomic E-state index is 0.435. The van der Waals surface area contributed by atoms with Gasteiger partial charge in [0.15, 0.2) is 0 Å². The number of alkyl halides is 1. The third-order valence-electron chi connectivity index (χ3n) is 4.26. The van der Waals surface area contributed by atoms with Crippen LogP contribution in [0.2, 0.25) is 0 Å². The van der Waals surface area contributed by atoms with Crippen molar-refractivity contribution in [2.45, 2.75) is 31.1 Å². The van der Waals surface area contributed by atoms with Crippen molar-refractivity contribution < 1.29 is 0 Å². The Bertz CT molecular complexity index is 233. The van der Waals surface area contributed by atoms with Gasteiger partial charge in [-0.3, -0.25) is 0 Å². The quantitative estimate of drug-likeness (QED) is 0.399. The third kappa shape index (κ3) is 0.797. The zero-order chi connectivity index (χ0) is 8.29. The van der Waals surface area contributed by atoms with Crippen LogP contribution in [0.3, 0.4) is 0 Å². The first-order valence-corrected chi connectivity index (χ1v) is 5.52. The van der Waals surface area contributed by atoms with E-state index in [1.54, 1.807) is 0 Å². The van der Waals surface area contributed by atoms with Gasteiger partial charge in [-0.1, -0.05) is 12.2 Å². The highest BCUT2D eigenvalue weighted by Crippen LogP contribution is 2.57. The fourth-order valence-corrected chi connectivity index (χ4v) is 4.19. The molecule has 0 unspecified atom stereocenters. The second kappa shape index (κ2) is 2.29. The van der Waals surface area contributed by atoms with E-state index in [0.717, 1.165) is 17.8 Å². The fourth-order valence-electron chi connectivity index (χ4n) is 3.72. The average molecular weight is 183 g/mol. The molecule has 0 spiro atoms. The largest absolute Gasteiger partial charge is 0.122 e. The molecule has 4 saturated carbocycles. The van der Waals surface area contributed by atoms with Crippen molar-refractivity contribution in [3.63, 3.8) is 0 Å². The van der Waals surface area contributed by atoms with E-state index in [-0.39, 0.29) is 0 Å². The van der Waals surface area contributed by atoms with Crippen LogP contribution in [0.15, 0.2) is 12.2 Å². The molecule has 4 bridgehead atoms. The zero-order valence-corrected chi connectivity index (χ0v) is 8.06. The second-order valence-corrected chi connectivity index (χ2v) is 5.40. The monoisotopic (exact) mass is 182 g/mol. The first kappa shape index (κ1) is 7.44. The smallest absolute Gasteiger partial charge is 0.0429 e. The van der Waals surface area contributed by atoms with Gasteiger partial charge in [-0.05, 0) is 49.4 Å². The van der Waals surface area contributed by atoms with Gasteiger partial charge in [0, 0.05) is 5.38 Å². The molecular formula is C11H15Cl. The molecular weight excluding hydrogens is 168 g/mol. The van der Waals surface area contributed by atoms with E-state index in [1.807, 2.05) is 0 Å². The van der Waals surface area contributed by atoms with Crippen molar-refractivity contribution in [1.82, 2.24) is 0 Å². The highest BCUT2D eigenvalue weighted by atomic mass is 35.5. The molecule has 5 atom stereocenters. The minimum atomic E-state index is 0.435. The molecule has 0 aromatic heterocycles. The highest BCUT2D eigenvalue weighted by Gasteiger charge is 2.49. The van der Waals surface area contributed by atoms with Crippen LogP contribution >= 0.6 is 11.6 Å². The Labute approximate surface area is 79.0 Å². The van der Waals surface area contributed by atoms with Crippen LogP contribution in [0, 0.1) is 23.7 Å². The van der Waals surface area contributed by atoms with Gasteiger partial charge in [-0.25, -0.2) is 0 Å². The van der Waals surface area contributed by atoms with E-state index in [2.05, 4.69) is 6.58 Å². The Morgan fingerprint density at radius 1 is 1.17 bits per heavy atom. The molecule has 4 aliphatic rings. The Hall–Kier alpha value is 0.0300. The lowest BCUT2D eigenvalue weighted by Gasteiger charge is -2.53. The summed E-state index contributed by atoms with van der Waals surface area (Å²) in [4.78, 5) is 0. The normalized spacial score (nSPS) is 56.4. The lowest BCUT2D eigenvalue weighted by Crippen LogP contribution is -2.47. The summed E-state index contributed by atoms with van der Waals surface area (Å²) in [5, 5.41) is 0.435. The van der Waals surface area contributed by atoms with Crippen molar-refractivity contribution in [3.8, 4) is 0 Å². The summed E-state index contributed by atoms with van der Waals surface area (Å²) in [5.74, 6) is 3.37. The second-order valence-electron chi connectivity index (χ2n) is 4.89. The third-order valence-corrected chi connectivity index (χ3v) is 4.92. The van der Waals surface area contributed by atoms with Crippen molar-refractivity contribution in [2.24, 2.45) is 23.7 Å². The number of rotatable bonds is 0. The SMILES string of the molecule is C=C1[C@@H]2C[C@H]3C[C@@H](C2)[C@@H](Cl)[C@@H]1C3. The van der Waals surface area contributed by atoms with Crippen LogP contribution in [0.1, 0.15) is 25.7 Å². The number of hydrogen-bond acceptors (Lipinski definition) is 0. The summed E-state index contributed by atoms with van der Waals surface area (Å²) in [7, 11) is 0. The molecule has 0 amide bonds. The van der Waals surface area contributed by atoms with Gasteiger partial charge >= 0.3 is 0 Å². The van der Waals surface area contributed by atoms with E-state index in [0.29, 0.717) is 11.3 Å². The summed E-state index contributed by atoms with van der Waals surface area (Å²) in [5.41, 5.74) is 1.49. The molecule has 1 heteroatoms. The molecule has 4 aliphatic carbocycles. The molecule has 0 saturated heterocycles. The lowest BCUT2D eigenvalue weighted by atomic mass is 9.54. The van der Waals surface area contributed by atoms with Crippen LogP contribution < -0.4 is 0 Å². The van der Waals surface area contributed by atoms with Crippen LogP contribution in [0.4, 0.5) is 0 Å². The van der Waals surface area contributed by atoms with Gasteiger partial charge in [-0.15, -0.1) is 11.6 Å². The molecule has 4 fully saturated rings. The lowest BCUT2D eigenvalue weighted by molar-refractivity contribution is 0.0749. The van der Waals surface area contributed by atoms with Crippen LogP contribution in [-0.4, -0.2) is 5.38 Å². The summed E-state index contributed by atoms with van der Waals surface area (Å²) in [6, 6.07) is 0. The predicted molar refractivity (Wildman–Crippen MR) is 51.2 cm³/mol. The maximum atomic E-state index is 6.40. The van der Waals surface area contributed by atoms with Gasteiger partial charge in [0.05, 0.1) is 0 Å². The number of halogens is 1. The molecule has 0 aromatic carbocycles. The average Bonchev–Trinajstić information content (AvgIpc) is 2.07. The summed E-state index contributed by atoms with van der Waals surface area (Å²) in [6.45, 7) is 4.22. The molecule has 4 rings (SSSR count). The van der Waals surface area contributed by atoms with E-state index in [4.69, 9.17) is 11.6 Å². The van der Waals surface area contributed by atoms with Crippen molar-refractivity contribution in [1.29, 1.82) is 0 Å². The van der Waals surface area contributed by atoms with Gasteiger partial charge in [0.2, 0.25) is 0 Å². The summed E-state index contributed by atoms with van der Waals surface area (Å²) >= 11 is 6.40. The molecule has 0 nitrogen and oxygen atoms in total. The Morgan fingerprint density at radius 2 is 2.00 bits per heavy atom. The molecule has 0 aromatic rings. The Kier molecular flexibility index (Phi) is 1.42. The predicted octanol–water partition coefficient (Wildman–Crippen LogP) is 3.22. The molecule has 12 heavy (non-hydrogen) atoms. The first-order valence-electron chi connectivity index (χ1n) is 5.08. The van der Waals surface area contributed by atoms with Crippen molar-refractivity contribution in [3.05, 3.63) is 12.2 Å². The zero-order valence-electron chi connectivity index (χ0n) is 7.30. The maximum absolute atomic E-state index is 6.40. The van der Waals surface area contributed by atoms with Gasteiger partial charge in [-0.2, -0.15) is 0 Å². The molecule has 0 heterocycles. The standard InChI is InChI=1S/C11H15Cl/c1-6-8-2-7-3-9(5-8)11(12)10(6)4-7/h7-11H,1-5H2/t7-,8+,9-,10+,11+/m0/s1. The van der Waals surface area contributed by atoms with Crippen molar-refractivity contribution in [2.75, 3.05) is 0 Å². The van der Waals surface area contributed by atoms with Gasteiger partial charge in [0.1, 0.15) is 0 Å². The molecule has 0 aliphatic heterocycles. The van der Waals surface area contributed by atoms with E-state index >= 15 is 0 Å². The Balaban J connectivity index is 1.98. The summed E-state index contributed by atoms with van der Waals surface area (Å²) in [6.07, 6.45) is 5.53. The topological polar surface area (TPSA) is 0 Å². The van der Waals surface area contributed by atoms with Gasteiger partial charge in [0.25, 0.3) is 0 Å². The van der Waals surface area contributed by atoms with E-state index < -0.39 is 0 Å². The van der Waals surface area contributed by atoms with Crippen LogP contribution in [-0.2, 0) is 0 Å². The minimum Gasteiger partial charge on any atom is -0.122 e. The van der Waals surface area contributed by atoms with E-state index in [1.165, 1.54) is 31.3 Å². The number of hydrogen-bond donors (Lipinski definition) is 0. The van der Waals surface area contributed by atoms with Crippen LogP contribution in [0.25, 0.3) is 0 Å². The maximum Gasteiger partial charge on any atom is 0.0429 e. The highest BCUT2D eigenvalue weighted by molar-refractivity contribution is 6.21. The number of allylic oxidation sites excluding steroid dienone is 1. The molecule has 66 valence electrons. The van der Waals surface area contributed by atoms with Gasteiger partial charge < -0.3 is 0 Å². The fraction of sp³-hybridized carbons (Fsp3) is 0.818. The van der Waals surface area contributed by atoms with E-state index in [9.17, 15) is 0 Å². The van der Waals surface area contributed by atoms with Crippen molar-refractivity contribution >= 4 is 11.6 Å². The first-order chi connectivity index (χ1) is 5.75. The molecule has 0 radical (unpaired) electrons. The summed E-state index contributed by atoms with van der Waals surface area (Å²) < 4.78 is 0.